The fourth-order valence-electron chi connectivity index (χ4n) is 5.07. The van der Waals surface area contributed by atoms with Crippen LogP contribution in [-0.2, 0) is 16.8 Å². The normalized spacial score (nSPS) is 21.5. The summed E-state index contributed by atoms with van der Waals surface area (Å²) in [5, 5.41) is 7.51. The fraction of sp³-hybridized carbons (Fsp3) is 0.522. The first kappa shape index (κ1) is 18.7. The number of piperidine rings is 1. The number of amides is 1. The Labute approximate surface area is 166 Å². The minimum absolute atomic E-state index is 0.191. The number of likely N-dealkylation sites (tertiary alicyclic amines) is 1. The summed E-state index contributed by atoms with van der Waals surface area (Å²) in [6, 6.07) is 11.3. The summed E-state index contributed by atoms with van der Waals surface area (Å²) in [5.41, 5.74) is 4.64. The third kappa shape index (κ3) is 3.97. The molecule has 0 saturated carbocycles. The molecule has 144 valence electrons. The van der Waals surface area contributed by atoms with Gasteiger partial charge in [-0.2, -0.15) is 11.3 Å². The second-order valence-corrected chi connectivity index (χ2v) is 9.38. The van der Waals surface area contributed by atoms with E-state index >= 15 is 0 Å². The van der Waals surface area contributed by atoms with E-state index in [1.54, 1.807) is 11.3 Å². The molecule has 1 amide bonds. The molecular weight excluding hydrogens is 352 g/mol. The first-order valence-corrected chi connectivity index (χ1v) is 11.1. The van der Waals surface area contributed by atoms with Gasteiger partial charge in [0.25, 0.3) is 0 Å². The molecule has 27 heavy (non-hydrogen) atoms. The molecule has 2 heterocycles. The summed E-state index contributed by atoms with van der Waals surface area (Å²) < 4.78 is 0. The number of carbonyl (C=O) groups excluding carboxylic acids is 1. The van der Waals surface area contributed by atoms with E-state index in [9.17, 15) is 4.79 Å². The standard InChI is InChI=1S/C23H30N2OS/c1-17(2)24-22(26)13-19-14-23(21-6-4-3-5-20(19)21)8-10-25(11-9-23)15-18-7-12-27-16-18/h3-7,12,16-17,19H,8-11,13-15H2,1-2H3,(H,24,26)/t19-/m0/s1. The van der Waals surface area contributed by atoms with Crippen LogP contribution in [-0.4, -0.2) is 29.9 Å². The fourth-order valence-corrected chi connectivity index (χ4v) is 5.73. The number of hydrogen-bond acceptors (Lipinski definition) is 3. The van der Waals surface area contributed by atoms with Crippen molar-refractivity contribution in [3.8, 4) is 0 Å². The van der Waals surface area contributed by atoms with Crippen molar-refractivity contribution in [3.05, 3.63) is 57.8 Å². The van der Waals surface area contributed by atoms with Crippen LogP contribution < -0.4 is 5.32 Å². The number of hydrogen-bond donors (Lipinski definition) is 1. The Bertz CT molecular complexity index is 775. The maximum absolute atomic E-state index is 12.4. The monoisotopic (exact) mass is 382 g/mol. The Morgan fingerprint density at radius 1 is 1.26 bits per heavy atom. The van der Waals surface area contributed by atoms with E-state index in [4.69, 9.17) is 0 Å². The molecule has 1 aromatic carbocycles. The van der Waals surface area contributed by atoms with Gasteiger partial charge in [0.05, 0.1) is 0 Å². The molecule has 1 fully saturated rings. The number of nitrogens with one attached hydrogen (secondary N) is 1. The number of fused-ring (bicyclic) bond motifs is 2. The van der Waals surface area contributed by atoms with Gasteiger partial charge in [0, 0.05) is 19.0 Å². The van der Waals surface area contributed by atoms with Crippen LogP contribution in [0.25, 0.3) is 0 Å². The highest BCUT2D eigenvalue weighted by Gasteiger charge is 2.45. The van der Waals surface area contributed by atoms with Crippen LogP contribution in [0.2, 0.25) is 0 Å². The molecule has 4 rings (SSSR count). The summed E-state index contributed by atoms with van der Waals surface area (Å²) >= 11 is 1.78. The SMILES string of the molecule is CC(C)NC(=O)C[C@H]1CC2(CCN(Cc3ccsc3)CC2)c2ccccc21. The number of nitrogens with zero attached hydrogens (tertiary/aromatic N) is 1. The lowest BCUT2D eigenvalue weighted by atomic mass is 9.73. The molecule has 2 aliphatic rings. The van der Waals surface area contributed by atoms with E-state index in [0.29, 0.717) is 12.3 Å². The first-order chi connectivity index (χ1) is 13.1. The zero-order chi connectivity index (χ0) is 18.9. The van der Waals surface area contributed by atoms with E-state index in [1.165, 1.54) is 29.5 Å². The van der Waals surface area contributed by atoms with E-state index in [-0.39, 0.29) is 17.4 Å². The van der Waals surface area contributed by atoms with Gasteiger partial charge in [0.1, 0.15) is 0 Å². The highest BCUT2D eigenvalue weighted by Crippen LogP contribution is 2.52. The molecule has 1 spiro atoms. The van der Waals surface area contributed by atoms with Crippen LogP contribution in [0, 0.1) is 0 Å². The van der Waals surface area contributed by atoms with Gasteiger partial charge in [-0.1, -0.05) is 24.3 Å². The van der Waals surface area contributed by atoms with Crippen molar-refractivity contribution in [2.24, 2.45) is 0 Å². The molecular formula is C23H30N2OS. The average Bonchev–Trinajstić information content (AvgIpc) is 3.24. The largest absolute Gasteiger partial charge is 0.354 e. The topological polar surface area (TPSA) is 32.3 Å². The van der Waals surface area contributed by atoms with Gasteiger partial charge in [-0.15, -0.1) is 0 Å². The lowest BCUT2D eigenvalue weighted by Gasteiger charge is -2.40. The average molecular weight is 383 g/mol. The summed E-state index contributed by atoms with van der Waals surface area (Å²) in [6.45, 7) is 7.43. The Balaban J connectivity index is 1.46. The molecule has 1 N–H and O–H groups in total. The second-order valence-electron chi connectivity index (χ2n) is 8.60. The first-order valence-electron chi connectivity index (χ1n) is 10.2. The van der Waals surface area contributed by atoms with Gasteiger partial charge < -0.3 is 5.32 Å². The van der Waals surface area contributed by atoms with Crippen molar-refractivity contribution >= 4 is 17.2 Å². The number of benzene rings is 1. The summed E-state index contributed by atoms with van der Waals surface area (Å²) in [7, 11) is 0. The third-order valence-corrected chi connectivity index (χ3v) is 7.02. The lowest BCUT2D eigenvalue weighted by molar-refractivity contribution is -0.122. The van der Waals surface area contributed by atoms with Crippen LogP contribution in [0.4, 0.5) is 0 Å². The van der Waals surface area contributed by atoms with Gasteiger partial charge in [0.2, 0.25) is 5.91 Å². The minimum atomic E-state index is 0.191. The van der Waals surface area contributed by atoms with E-state index in [0.717, 1.165) is 26.1 Å². The molecule has 1 atom stereocenters. The van der Waals surface area contributed by atoms with Gasteiger partial charge in [-0.25, -0.2) is 0 Å². The Morgan fingerprint density at radius 3 is 2.74 bits per heavy atom. The van der Waals surface area contributed by atoms with Crippen LogP contribution >= 0.6 is 11.3 Å². The van der Waals surface area contributed by atoms with Crippen molar-refractivity contribution in [2.45, 2.75) is 63.5 Å². The lowest BCUT2D eigenvalue weighted by Crippen LogP contribution is -2.41. The van der Waals surface area contributed by atoms with Crippen molar-refractivity contribution in [1.29, 1.82) is 0 Å². The number of carbonyl (C=O) groups is 1. The molecule has 3 nitrogen and oxygen atoms in total. The van der Waals surface area contributed by atoms with E-state index in [1.807, 2.05) is 13.8 Å². The second kappa shape index (κ2) is 7.76. The summed E-state index contributed by atoms with van der Waals surface area (Å²) in [4.78, 5) is 15.0. The van der Waals surface area contributed by atoms with Gasteiger partial charge in [-0.05, 0) is 91.0 Å². The van der Waals surface area contributed by atoms with Crippen molar-refractivity contribution in [3.63, 3.8) is 0 Å². The zero-order valence-corrected chi connectivity index (χ0v) is 17.2. The molecule has 1 aromatic heterocycles. The summed E-state index contributed by atoms with van der Waals surface area (Å²) in [5.74, 6) is 0.556. The van der Waals surface area contributed by atoms with E-state index in [2.05, 4.69) is 51.3 Å². The van der Waals surface area contributed by atoms with Gasteiger partial charge in [-0.3, -0.25) is 9.69 Å². The predicted molar refractivity (Wildman–Crippen MR) is 112 cm³/mol. The smallest absolute Gasteiger partial charge is 0.220 e. The molecule has 1 saturated heterocycles. The zero-order valence-electron chi connectivity index (χ0n) is 16.4. The molecule has 2 aromatic rings. The van der Waals surface area contributed by atoms with Crippen molar-refractivity contribution in [1.82, 2.24) is 10.2 Å². The third-order valence-electron chi connectivity index (χ3n) is 6.29. The van der Waals surface area contributed by atoms with Crippen LogP contribution in [0.15, 0.2) is 41.1 Å². The van der Waals surface area contributed by atoms with Crippen molar-refractivity contribution < 1.29 is 4.79 Å². The predicted octanol–water partition coefficient (Wildman–Crippen LogP) is 4.68. The highest BCUT2D eigenvalue weighted by molar-refractivity contribution is 7.07. The quantitative estimate of drug-likeness (QED) is 0.814. The van der Waals surface area contributed by atoms with Crippen LogP contribution in [0.3, 0.4) is 0 Å². The van der Waals surface area contributed by atoms with E-state index < -0.39 is 0 Å². The van der Waals surface area contributed by atoms with Gasteiger partial charge in [0.15, 0.2) is 0 Å². The van der Waals surface area contributed by atoms with Crippen LogP contribution in [0.1, 0.15) is 62.1 Å². The highest BCUT2D eigenvalue weighted by atomic mass is 32.1. The molecule has 0 unspecified atom stereocenters. The summed E-state index contributed by atoms with van der Waals surface area (Å²) in [6.07, 6.45) is 4.16. The Kier molecular flexibility index (Phi) is 5.38. The maximum atomic E-state index is 12.4. The molecule has 0 bridgehead atoms. The molecule has 1 aliphatic carbocycles. The van der Waals surface area contributed by atoms with Gasteiger partial charge >= 0.3 is 0 Å². The number of thiophene rings is 1. The maximum Gasteiger partial charge on any atom is 0.220 e. The molecule has 0 radical (unpaired) electrons. The minimum Gasteiger partial charge on any atom is -0.354 e. The van der Waals surface area contributed by atoms with Crippen molar-refractivity contribution in [2.75, 3.05) is 13.1 Å². The number of rotatable bonds is 5. The Hall–Kier alpha value is -1.65. The molecule has 1 aliphatic heterocycles. The van der Waals surface area contributed by atoms with Crippen LogP contribution in [0.5, 0.6) is 0 Å². The Morgan fingerprint density at radius 2 is 2.04 bits per heavy atom. The molecule has 4 heteroatoms.